The van der Waals surface area contributed by atoms with Gasteiger partial charge in [-0.25, -0.2) is 8.42 Å². The summed E-state index contributed by atoms with van der Waals surface area (Å²) in [6.45, 7) is 7.53. The zero-order chi connectivity index (χ0) is 26.3. The van der Waals surface area contributed by atoms with Crippen LogP contribution in [0.5, 0.6) is 5.75 Å². The van der Waals surface area contributed by atoms with Gasteiger partial charge in [0.1, 0.15) is 12.4 Å². The lowest BCUT2D eigenvalue weighted by atomic mass is 9.85. The highest BCUT2D eigenvalue weighted by Gasteiger charge is 2.28. The number of nitrogens with zero attached hydrogens (tertiary/aromatic N) is 3. The Morgan fingerprint density at radius 1 is 1.03 bits per heavy atom. The van der Waals surface area contributed by atoms with Gasteiger partial charge in [0.15, 0.2) is 0 Å². The molecule has 3 rings (SSSR count). The van der Waals surface area contributed by atoms with Gasteiger partial charge in [-0.3, -0.25) is 4.79 Å². The van der Waals surface area contributed by atoms with E-state index >= 15 is 0 Å². The van der Waals surface area contributed by atoms with E-state index < -0.39 is 10.0 Å². The molecule has 1 aliphatic heterocycles. The van der Waals surface area contributed by atoms with Crippen LogP contribution >= 0.6 is 0 Å². The number of benzene rings is 1. The van der Waals surface area contributed by atoms with Crippen molar-refractivity contribution >= 4 is 15.9 Å². The Kier molecular flexibility index (Phi) is 10.6. The summed E-state index contributed by atoms with van der Waals surface area (Å²) in [6.07, 6.45) is 8.46. The van der Waals surface area contributed by atoms with E-state index in [4.69, 9.17) is 9.47 Å². The normalized spacial score (nSPS) is 21.5. The summed E-state index contributed by atoms with van der Waals surface area (Å²) in [4.78, 5) is 17.4. The summed E-state index contributed by atoms with van der Waals surface area (Å²) in [5.41, 5.74) is 1.28. The lowest BCUT2D eigenvalue weighted by Gasteiger charge is -2.37. The second-order valence-corrected chi connectivity index (χ2v) is 12.5. The van der Waals surface area contributed by atoms with Crippen molar-refractivity contribution in [1.29, 1.82) is 0 Å². The van der Waals surface area contributed by atoms with E-state index in [0.717, 1.165) is 18.8 Å². The third kappa shape index (κ3) is 7.43. The molecule has 1 saturated carbocycles. The summed E-state index contributed by atoms with van der Waals surface area (Å²) in [7, 11) is 1.29. The van der Waals surface area contributed by atoms with Crippen molar-refractivity contribution in [3.63, 3.8) is 0 Å². The highest BCUT2D eigenvalue weighted by molar-refractivity contribution is 7.89. The maximum atomic E-state index is 13.1. The van der Waals surface area contributed by atoms with Crippen LogP contribution in [0.15, 0.2) is 17.0 Å². The molecule has 0 radical (unpaired) electrons. The first-order chi connectivity index (χ1) is 17.1. The SMILES string of the molecule is COc1cc(C)c(S(=O)(=O)N(C)CCOCC(=O)N(C)[C@H]2CC[C@@H](CN3CCCCC3)CC2)c(C)c1. The van der Waals surface area contributed by atoms with Crippen LogP contribution in [0.3, 0.4) is 0 Å². The van der Waals surface area contributed by atoms with Crippen molar-refractivity contribution in [2.75, 3.05) is 60.6 Å². The van der Waals surface area contributed by atoms with Gasteiger partial charge in [0.2, 0.25) is 15.9 Å². The molecule has 0 atom stereocenters. The molecule has 2 aliphatic rings. The van der Waals surface area contributed by atoms with Crippen LogP contribution in [-0.2, 0) is 19.6 Å². The van der Waals surface area contributed by atoms with Gasteiger partial charge in [0.25, 0.3) is 0 Å². The zero-order valence-electron chi connectivity index (χ0n) is 22.8. The average Bonchev–Trinajstić information content (AvgIpc) is 2.86. The second-order valence-electron chi connectivity index (χ2n) is 10.5. The quantitative estimate of drug-likeness (QED) is 0.414. The van der Waals surface area contributed by atoms with Gasteiger partial charge in [-0.2, -0.15) is 4.31 Å². The molecule has 1 saturated heterocycles. The molecule has 1 heterocycles. The monoisotopic (exact) mass is 523 g/mol. The van der Waals surface area contributed by atoms with E-state index in [9.17, 15) is 13.2 Å². The number of carbonyl (C=O) groups is 1. The number of rotatable bonds is 11. The minimum Gasteiger partial charge on any atom is -0.497 e. The highest BCUT2D eigenvalue weighted by atomic mass is 32.2. The number of methoxy groups -OCH3 is 1. The number of likely N-dealkylation sites (tertiary alicyclic amines) is 1. The van der Waals surface area contributed by atoms with E-state index in [0.29, 0.717) is 16.9 Å². The van der Waals surface area contributed by atoms with Gasteiger partial charge in [-0.15, -0.1) is 0 Å². The molecule has 8 nitrogen and oxygen atoms in total. The summed E-state index contributed by atoms with van der Waals surface area (Å²) >= 11 is 0. The molecule has 1 aromatic carbocycles. The Balaban J connectivity index is 1.40. The molecule has 0 N–H and O–H groups in total. The van der Waals surface area contributed by atoms with Crippen LogP contribution in [-0.4, -0.2) is 95.1 Å². The minimum absolute atomic E-state index is 0.0291. The number of carbonyl (C=O) groups excluding carboxylic acids is 1. The average molecular weight is 524 g/mol. The Bertz CT molecular complexity index is 947. The van der Waals surface area contributed by atoms with E-state index in [-0.39, 0.29) is 36.6 Å². The molecular formula is C27H45N3O5S. The molecule has 2 fully saturated rings. The summed E-state index contributed by atoms with van der Waals surface area (Å²) < 4.78 is 38.4. The van der Waals surface area contributed by atoms with Gasteiger partial charge in [0.05, 0.1) is 18.6 Å². The van der Waals surface area contributed by atoms with Crippen LogP contribution in [0, 0.1) is 19.8 Å². The number of aryl methyl sites for hydroxylation is 2. The number of sulfonamides is 1. The van der Waals surface area contributed by atoms with Gasteiger partial charge < -0.3 is 19.3 Å². The summed E-state index contributed by atoms with van der Waals surface area (Å²) in [6, 6.07) is 3.71. The molecule has 0 aromatic heterocycles. The molecule has 204 valence electrons. The second kappa shape index (κ2) is 13.2. The number of likely N-dealkylation sites (N-methyl/N-ethyl adjacent to an activating group) is 2. The smallest absolute Gasteiger partial charge is 0.248 e. The topological polar surface area (TPSA) is 79.4 Å². The summed E-state index contributed by atoms with van der Waals surface area (Å²) in [5.74, 6) is 1.34. The number of ether oxygens (including phenoxy) is 2. The first-order valence-electron chi connectivity index (χ1n) is 13.3. The van der Waals surface area contributed by atoms with Gasteiger partial charge in [-0.05, 0) is 94.6 Å². The fraction of sp³-hybridized carbons (Fsp3) is 0.741. The van der Waals surface area contributed by atoms with Crippen LogP contribution in [0.1, 0.15) is 56.1 Å². The van der Waals surface area contributed by atoms with Crippen molar-refractivity contribution in [1.82, 2.24) is 14.1 Å². The van der Waals surface area contributed by atoms with Crippen LogP contribution in [0.2, 0.25) is 0 Å². The van der Waals surface area contributed by atoms with E-state index in [1.54, 1.807) is 33.1 Å². The number of amides is 1. The minimum atomic E-state index is -3.68. The van der Waals surface area contributed by atoms with Crippen molar-refractivity contribution in [2.45, 2.75) is 69.7 Å². The first-order valence-corrected chi connectivity index (χ1v) is 14.7. The maximum absolute atomic E-state index is 13.1. The molecule has 0 bridgehead atoms. The van der Waals surface area contributed by atoms with Crippen molar-refractivity contribution in [3.8, 4) is 5.75 Å². The zero-order valence-corrected chi connectivity index (χ0v) is 23.6. The third-order valence-electron chi connectivity index (χ3n) is 7.84. The fourth-order valence-corrected chi connectivity index (χ4v) is 7.15. The van der Waals surface area contributed by atoms with Gasteiger partial charge in [0, 0.05) is 33.2 Å². The lowest BCUT2D eigenvalue weighted by Crippen LogP contribution is -2.43. The van der Waals surface area contributed by atoms with Gasteiger partial charge >= 0.3 is 0 Å². The predicted octanol–water partition coefficient (Wildman–Crippen LogP) is 3.45. The standard InChI is InChI=1S/C27H45N3O5S/c1-21-17-25(34-5)18-22(2)27(21)36(32,33)28(3)15-16-35-20-26(31)29(4)24-11-9-23(10-12-24)19-30-13-7-6-8-14-30/h17-18,23-24H,6-16,19-20H2,1-5H3/t23-,24+. The molecule has 1 amide bonds. The number of piperidine rings is 1. The largest absolute Gasteiger partial charge is 0.497 e. The molecule has 9 heteroatoms. The Morgan fingerprint density at radius 3 is 2.22 bits per heavy atom. The van der Waals surface area contributed by atoms with Crippen molar-refractivity contribution in [3.05, 3.63) is 23.3 Å². The lowest BCUT2D eigenvalue weighted by molar-refractivity contribution is -0.137. The maximum Gasteiger partial charge on any atom is 0.248 e. The third-order valence-corrected chi connectivity index (χ3v) is 10.00. The Labute approximate surface area is 218 Å². The molecule has 1 aliphatic carbocycles. The number of hydrogen-bond acceptors (Lipinski definition) is 6. The van der Waals surface area contributed by atoms with Crippen molar-refractivity contribution < 1.29 is 22.7 Å². The first kappa shape index (κ1) is 28.9. The molecule has 1 aromatic rings. The fourth-order valence-electron chi connectivity index (χ4n) is 5.59. The van der Waals surface area contributed by atoms with E-state index in [1.807, 2.05) is 11.9 Å². The molecular weight excluding hydrogens is 478 g/mol. The Hall–Kier alpha value is -1.68. The predicted molar refractivity (Wildman–Crippen MR) is 142 cm³/mol. The van der Waals surface area contributed by atoms with E-state index in [2.05, 4.69) is 4.90 Å². The van der Waals surface area contributed by atoms with Crippen LogP contribution < -0.4 is 4.74 Å². The van der Waals surface area contributed by atoms with Crippen molar-refractivity contribution in [2.24, 2.45) is 5.92 Å². The summed E-state index contributed by atoms with van der Waals surface area (Å²) in [5, 5.41) is 0. The molecule has 0 spiro atoms. The molecule has 36 heavy (non-hydrogen) atoms. The van der Waals surface area contributed by atoms with Gasteiger partial charge in [-0.1, -0.05) is 6.42 Å². The van der Waals surface area contributed by atoms with Crippen LogP contribution in [0.25, 0.3) is 0 Å². The highest BCUT2D eigenvalue weighted by Crippen LogP contribution is 2.29. The number of hydrogen-bond donors (Lipinski definition) is 0. The van der Waals surface area contributed by atoms with E-state index in [1.165, 1.54) is 63.1 Å². The Morgan fingerprint density at radius 2 is 1.64 bits per heavy atom. The molecule has 0 unspecified atom stereocenters. The van der Waals surface area contributed by atoms with Crippen LogP contribution in [0.4, 0.5) is 0 Å².